The maximum Gasteiger partial charge on any atom is 0.146 e. The predicted molar refractivity (Wildman–Crippen MR) is 64.5 cm³/mol. The zero-order chi connectivity index (χ0) is 12.4. The highest BCUT2D eigenvalue weighted by Crippen LogP contribution is 2.34. The van der Waals surface area contributed by atoms with Crippen molar-refractivity contribution in [3.05, 3.63) is 29.6 Å². The lowest BCUT2D eigenvalue weighted by atomic mass is 10.1. The van der Waals surface area contributed by atoms with E-state index in [9.17, 15) is 14.6 Å². The highest BCUT2D eigenvalue weighted by Gasteiger charge is 2.28. The van der Waals surface area contributed by atoms with Crippen molar-refractivity contribution in [2.24, 2.45) is 0 Å². The van der Waals surface area contributed by atoms with Crippen molar-refractivity contribution in [2.45, 2.75) is 31.9 Å². The van der Waals surface area contributed by atoms with E-state index in [-0.39, 0.29) is 18.5 Å². The summed E-state index contributed by atoms with van der Waals surface area (Å²) in [4.78, 5) is 1.87. The summed E-state index contributed by atoms with van der Waals surface area (Å²) in [5, 5.41) is 19.0. The topological polar surface area (TPSA) is 43.7 Å². The molecule has 1 aromatic carbocycles. The quantitative estimate of drug-likeness (QED) is 0.846. The van der Waals surface area contributed by atoms with E-state index in [0.29, 0.717) is 11.3 Å². The van der Waals surface area contributed by atoms with E-state index >= 15 is 0 Å². The van der Waals surface area contributed by atoms with Crippen molar-refractivity contribution in [1.29, 1.82) is 0 Å². The number of para-hydroxylation sites is 1. The van der Waals surface area contributed by atoms with Gasteiger partial charge in [0.15, 0.2) is 0 Å². The van der Waals surface area contributed by atoms with Crippen LogP contribution in [0.25, 0.3) is 0 Å². The third-order valence-corrected chi connectivity index (χ3v) is 3.34. The minimum atomic E-state index is -0.708. The smallest absolute Gasteiger partial charge is 0.146 e. The molecule has 2 N–H and O–H groups in total. The number of halogens is 1. The van der Waals surface area contributed by atoms with Crippen LogP contribution in [-0.2, 0) is 0 Å². The van der Waals surface area contributed by atoms with Crippen molar-refractivity contribution < 1.29 is 14.6 Å². The SMILES string of the molecule is CC(O)c1cccc(F)c1N1CCCC1CO. The molecule has 0 aromatic heterocycles. The Morgan fingerprint density at radius 2 is 2.29 bits per heavy atom. The van der Waals surface area contributed by atoms with Crippen molar-refractivity contribution in [1.82, 2.24) is 0 Å². The fraction of sp³-hybridized carbons (Fsp3) is 0.538. The molecule has 1 aliphatic heterocycles. The van der Waals surface area contributed by atoms with Crippen LogP contribution in [-0.4, -0.2) is 29.4 Å². The molecular formula is C13H18FNO2. The van der Waals surface area contributed by atoms with Crippen LogP contribution in [0.1, 0.15) is 31.4 Å². The summed E-state index contributed by atoms with van der Waals surface area (Å²) in [6, 6.07) is 4.69. The lowest BCUT2D eigenvalue weighted by molar-refractivity contribution is 0.198. The van der Waals surface area contributed by atoms with Crippen molar-refractivity contribution >= 4 is 5.69 Å². The van der Waals surface area contributed by atoms with Gasteiger partial charge in [-0.1, -0.05) is 12.1 Å². The lowest BCUT2D eigenvalue weighted by Gasteiger charge is -2.28. The van der Waals surface area contributed by atoms with Gasteiger partial charge in [-0.2, -0.15) is 0 Å². The molecule has 1 fully saturated rings. The molecule has 0 aliphatic carbocycles. The summed E-state index contributed by atoms with van der Waals surface area (Å²) in [6.45, 7) is 2.38. The fourth-order valence-corrected chi connectivity index (χ4v) is 2.49. The van der Waals surface area contributed by atoms with Crippen LogP contribution in [0.5, 0.6) is 0 Å². The molecule has 17 heavy (non-hydrogen) atoms. The van der Waals surface area contributed by atoms with E-state index < -0.39 is 6.10 Å². The van der Waals surface area contributed by atoms with E-state index in [1.807, 2.05) is 4.90 Å². The average Bonchev–Trinajstić information content (AvgIpc) is 2.76. The highest BCUT2D eigenvalue weighted by atomic mass is 19.1. The molecule has 0 radical (unpaired) electrons. The Morgan fingerprint density at radius 1 is 1.53 bits per heavy atom. The van der Waals surface area contributed by atoms with E-state index in [1.54, 1.807) is 19.1 Å². The Morgan fingerprint density at radius 3 is 2.94 bits per heavy atom. The maximum atomic E-state index is 13.9. The molecule has 2 rings (SSSR count). The molecule has 1 aliphatic rings. The van der Waals surface area contributed by atoms with Gasteiger partial charge < -0.3 is 15.1 Å². The molecule has 1 heterocycles. The van der Waals surface area contributed by atoms with Gasteiger partial charge in [-0.25, -0.2) is 4.39 Å². The Labute approximate surface area is 100 Å². The standard InChI is InChI=1S/C13H18FNO2/c1-9(17)11-5-2-6-12(14)13(11)15-7-3-4-10(15)8-16/h2,5-6,9-10,16-17H,3-4,7-8H2,1H3. The van der Waals surface area contributed by atoms with Gasteiger partial charge in [-0.15, -0.1) is 0 Å². The van der Waals surface area contributed by atoms with E-state index in [4.69, 9.17) is 0 Å². The second-order valence-electron chi connectivity index (χ2n) is 4.53. The summed E-state index contributed by atoms with van der Waals surface area (Å²) in [5.74, 6) is -0.330. The van der Waals surface area contributed by atoms with Gasteiger partial charge in [0, 0.05) is 12.1 Å². The normalized spacial score (nSPS) is 21.9. The first-order valence-electron chi connectivity index (χ1n) is 5.99. The molecule has 4 heteroatoms. The van der Waals surface area contributed by atoms with E-state index in [0.717, 1.165) is 19.4 Å². The van der Waals surface area contributed by atoms with Crippen LogP contribution in [0.4, 0.5) is 10.1 Å². The Bertz CT molecular complexity index is 395. The van der Waals surface area contributed by atoms with Gasteiger partial charge in [0.2, 0.25) is 0 Å². The van der Waals surface area contributed by atoms with Gasteiger partial charge in [0.25, 0.3) is 0 Å². The second-order valence-corrected chi connectivity index (χ2v) is 4.53. The summed E-state index contributed by atoms with van der Waals surface area (Å²) in [6.07, 6.45) is 1.10. The zero-order valence-corrected chi connectivity index (χ0v) is 9.93. The number of hydrogen-bond acceptors (Lipinski definition) is 3. The molecule has 3 nitrogen and oxygen atoms in total. The summed E-state index contributed by atoms with van der Waals surface area (Å²) >= 11 is 0. The van der Waals surface area contributed by atoms with Crippen LogP contribution in [0, 0.1) is 5.82 Å². The van der Waals surface area contributed by atoms with Gasteiger partial charge in [0.05, 0.1) is 24.4 Å². The van der Waals surface area contributed by atoms with Crippen LogP contribution < -0.4 is 4.90 Å². The average molecular weight is 239 g/mol. The van der Waals surface area contributed by atoms with Crippen LogP contribution in [0.3, 0.4) is 0 Å². The molecule has 94 valence electrons. The van der Waals surface area contributed by atoms with Crippen molar-refractivity contribution in [2.75, 3.05) is 18.1 Å². The zero-order valence-electron chi connectivity index (χ0n) is 9.93. The molecule has 0 bridgehead atoms. The number of nitrogens with zero attached hydrogens (tertiary/aromatic N) is 1. The largest absolute Gasteiger partial charge is 0.394 e. The molecule has 0 amide bonds. The number of hydrogen-bond donors (Lipinski definition) is 2. The predicted octanol–water partition coefficient (Wildman–Crippen LogP) is 1.84. The first-order valence-corrected chi connectivity index (χ1v) is 5.99. The number of aliphatic hydroxyl groups is 2. The lowest BCUT2D eigenvalue weighted by Crippen LogP contribution is -2.33. The van der Waals surface area contributed by atoms with Crippen molar-refractivity contribution in [3.8, 4) is 0 Å². The van der Waals surface area contributed by atoms with Gasteiger partial charge in [0.1, 0.15) is 5.82 Å². The van der Waals surface area contributed by atoms with Crippen molar-refractivity contribution in [3.63, 3.8) is 0 Å². The number of anilines is 1. The fourth-order valence-electron chi connectivity index (χ4n) is 2.49. The van der Waals surface area contributed by atoms with Gasteiger partial charge in [-0.3, -0.25) is 0 Å². The van der Waals surface area contributed by atoms with E-state index in [2.05, 4.69) is 0 Å². The number of aliphatic hydroxyl groups excluding tert-OH is 2. The minimum Gasteiger partial charge on any atom is -0.394 e. The summed E-state index contributed by atoms with van der Waals surface area (Å²) in [5.41, 5.74) is 1.03. The third kappa shape index (κ3) is 2.28. The van der Waals surface area contributed by atoms with Gasteiger partial charge in [-0.05, 0) is 25.8 Å². The highest BCUT2D eigenvalue weighted by molar-refractivity contribution is 5.57. The maximum absolute atomic E-state index is 13.9. The second kappa shape index (κ2) is 5.02. The summed E-state index contributed by atoms with van der Waals surface area (Å²) in [7, 11) is 0. The number of rotatable bonds is 3. The first-order chi connectivity index (χ1) is 8.15. The molecule has 1 saturated heterocycles. The molecule has 2 atom stereocenters. The van der Waals surface area contributed by atoms with Crippen LogP contribution in [0.15, 0.2) is 18.2 Å². The molecule has 1 aromatic rings. The number of benzene rings is 1. The Hall–Kier alpha value is -1.13. The molecule has 0 saturated carbocycles. The van der Waals surface area contributed by atoms with Crippen LogP contribution in [0.2, 0.25) is 0 Å². The molecular weight excluding hydrogens is 221 g/mol. The third-order valence-electron chi connectivity index (χ3n) is 3.34. The molecule has 2 unspecified atom stereocenters. The monoisotopic (exact) mass is 239 g/mol. The van der Waals surface area contributed by atoms with Crippen LogP contribution >= 0.6 is 0 Å². The van der Waals surface area contributed by atoms with Gasteiger partial charge >= 0.3 is 0 Å². The summed E-state index contributed by atoms with van der Waals surface area (Å²) < 4.78 is 13.9. The Kier molecular flexibility index (Phi) is 3.64. The first kappa shape index (κ1) is 12.3. The minimum absolute atomic E-state index is 0.0214. The Balaban J connectivity index is 2.42. The molecule has 0 spiro atoms. The van der Waals surface area contributed by atoms with E-state index in [1.165, 1.54) is 6.07 Å².